The highest BCUT2D eigenvalue weighted by Crippen LogP contribution is 2.30. The van der Waals surface area contributed by atoms with Crippen LogP contribution in [0.25, 0.3) is 10.2 Å². The molecule has 0 atom stereocenters. The molecule has 4 rings (SSSR count). The number of carbonyl (C=O) groups is 3. The van der Waals surface area contributed by atoms with Crippen LogP contribution in [0.4, 0.5) is 15.6 Å². The van der Waals surface area contributed by atoms with Gasteiger partial charge in [-0.25, -0.2) is 14.8 Å². The Morgan fingerprint density at radius 1 is 1.16 bits per heavy atom. The Morgan fingerprint density at radius 2 is 1.94 bits per heavy atom. The fourth-order valence-electron chi connectivity index (χ4n) is 3.26. The first-order valence-electron chi connectivity index (χ1n) is 10.0. The van der Waals surface area contributed by atoms with Crippen molar-refractivity contribution in [3.63, 3.8) is 0 Å². The topological polar surface area (TPSA) is 117 Å². The van der Waals surface area contributed by atoms with Crippen LogP contribution in [0.1, 0.15) is 27.1 Å². The second-order valence-corrected chi connectivity index (χ2v) is 9.03. The number of nitrogens with zero attached hydrogens (tertiary/aromatic N) is 4. The van der Waals surface area contributed by atoms with Gasteiger partial charge in [-0.1, -0.05) is 0 Å². The van der Waals surface area contributed by atoms with Crippen LogP contribution in [0.15, 0.2) is 23.7 Å². The Hall–Kier alpha value is -3.09. The maximum atomic E-state index is 12.9. The predicted molar refractivity (Wildman–Crippen MR) is 124 cm³/mol. The van der Waals surface area contributed by atoms with Gasteiger partial charge < -0.3 is 19.9 Å². The number of amides is 3. The Kier molecular flexibility index (Phi) is 6.63. The van der Waals surface area contributed by atoms with Gasteiger partial charge in [-0.15, -0.1) is 22.7 Å². The molecule has 4 heterocycles. The molecule has 0 spiro atoms. The summed E-state index contributed by atoms with van der Waals surface area (Å²) in [5.41, 5.74) is 0.871. The third kappa shape index (κ3) is 4.71. The molecule has 0 unspecified atom stereocenters. The molecule has 10 nitrogen and oxygen atoms in total. The minimum atomic E-state index is -0.837. The van der Waals surface area contributed by atoms with Crippen molar-refractivity contribution in [1.29, 1.82) is 0 Å². The first-order valence-corrected chi connectivity index (χ1v) is 11.7. The summed E-state index contributed by atoms with van der Waals surface area (Å²) in [6, 6.07) is 3.37. The van der Waals surface area contributed by atoms with Gasteiger partial charge in [0, 0.05) is 32.4 Å². The Morgan fingerprint density at radius 3 is 2.69 bits per heavy atom. The standard InChI is InChI=1S/C20H22N6O4S2/c1-3-30-20(29)24-16(27)12-5-11-31-18(12)23-17(28)19-22-14-13(32-19)4-6-21-15(14)26-9-7-25(2)8-10-26/h4-6,11H,3,7-10H2,1-2H3,(H,23,28)(H,24,27,29). The molecule has 0 bridgehead atoms. The highest BCUT2D eigenvalue weighted by Gasteiger charge is 2.23. The molecule has 168 valence electrons. The van der Waals surface area contributed by atoms with Crippen molar-refractivity contribution in [2.45, 2.75) is 6.92 Å². The number of thiazole rings is 1. The maximum Gasteiger partial charge on any atom is 0.414 e. The number of hydrogen-bond donors (Lipinski definition) is 2. The van der Waals surface area contributed by atoms with Crippen molar-refractivity contribution >= 4 is 61.6 Å². The Labute approximate surface area is 192 Å². The van der Waals surface area contributed by atoms with E-state index in [0.29, 0.717) is 10.5 Å². The lowest BCUT2D eigenvalue weighted by Gasteiger charge is -2.33. The summed E-state index contributed by atoms with van der Waals surface area (Å²) in [7, 11) is 2.09. The fourth-order valence-corrected chi connectivity index (χ4v) is 4.89. The molecule has 3 aromatic rings. The van der Waals surface area contributed by atoms with Gasteiger partial charge in [-0.2, -0.15) is 0 Å². The van der Waals surface area contributed by atoms with Gasteiger partial charge in [0.1, 0.15) is 10.5 Å². The molecule has 12 heteroatoms. The summed E-state index contributed by atoms with van der Waals surface area (Å²) < 4.78 is 5.59. The van der Waals surface area contributed by atoms with Crippen LogP contribution in [0.2, 0.25) is 0 Å². The highest BCUT2D eigenvalue weighted by atomic mass is 32.1. The quantitative estimate of drug-likeness (QED) is 0.580. The molecule has 32 heavy (non-hydrogen) atoms. The molecular weight excluding hydrogens is 452 g/mol. The largest absolute Gasteiger partial charge is 0.450 e. The van der Waals surface area contributed by atoms with Crippen LogP contribution in [-0.2, 0) is 4.74 Å². The minimum absolute atomic E-state index is 0.148. The van der Waals surface area contributed by atoms with Gasteiger partial charge >= 0.3 is 6.09 Å². The van der Waals surface area contributed by atoms with Crippen LogP contribution in [-0.4, -0.2) is 72.6 Å². The van der Waals surface area contributed by atoms with E-state index >= 15 is 0 Å². The van der Waals surface area contributed by atoms with Crippen molar-refractivity contribution in [3.05, 3.63) is 34.3 Å². The second kappa shape index (κ2) is 9.59. The van der Waals surface area contributed by atoms with Crippen molar-refractivity contribution < 1.29 is 19.1 Å². The molecule has 1 aliphatic rings. The van der Waals surface area contributed by atoms with Gasteiger partial charge in [-0.3, -0.25) is 14.9 Å². The van der Waals surface area contributed by atoms with Gasteiger partial charge in [0.15, 0.2) is 10.8 Å². The third-order valence-electron chi connectivity index (χ3n) is 4.91. The number of nitrogens with one attached hydrogen (secondary N) is 2. The number of carbonyl (C=O) groups excluding carboxylic acids is 3. The first-order chi connectivity index (χ1) is 15.5. The van der Waals surface area contributed by atoms with E-state index in [2.05, 4.69) is 37.4 Å². The van der Waals surface area contributed by atoms with Gasteiger partial charge in [0.05, 0.1) is 16.9 Å². The monoisotopic (exact) mass is 474 g/mol. The summed E-state index contributed by atoms with van der Waals surface area (Å²) >= 11 is 2.45. The Bertz CT molecular complexity index is 1150. The molecule has 0 radical (unpaired) electrons. The summed E-state index contributed by atoms with van der Waals surface area (Å²) in [5.74, 6) is -0.300. The molecule has 3 aromatic heterocycles. The van der Waals surface area contributed by atoms with Gasteiger partial charge in [-0.05, 0) is 31.5 Å². The number of piperazine rings is 1. The second-order valence-electron chi connectivity index (χ2n) is 7.08. The smallest absolute Gasteiger partial charge is 0.414 e. The minimum Gasteiger partial charge on any atom is -0.450 e. The van der Waals surface area contributed by atoms with Crippen LogP contribution in [0.5, 0.6) is 0 Å². The molecule has 1 fully saturated rings. The van der Waals surface area contributed by atoms with Crippen LogP contribution in [0.3, 0.4) is 0 Å². The van der Waals surface area contributed by atoms with Crippen molar-refractivity contribution in [2.75, 3.05) is 50.1 Å². The summed E-state index contributed by atoms with van der Waals surface area (Å²) in [6.07, 6.45) is 0.892. The number of thiophene rings is 1. The van der Waals surface area contributed by atoms with Crippen molar-refractivity contribution in [2.24, 2.45) is 0 Å². The van der Waals surface area contributed by atoms with Crippen LogP contribution in [0, 0.1) is 0 Å². The zero-order valence-corrected chi connectivity index (χ0v) is 19.2. The summed E-state index contributed by atoms with van der Waals surface area (Å²) in [6.45, 7) is 5.35. The van der Waals surface area contributed by atoms with E-state index < -0.39 is 17.9 Å². The third-order valence-corrected chi connectivity index (χ3v) is 6.76. The van der Waals surface area contributed by atoms with Crippen LogP contribution >= 0.6 is 22.7 Å². The van der Waals surface area contributed by atoms with E-state index in [1.807, 2.05) is 6.07 Å². The SMILES string of the molecule is CCOC(=O)NC(=O)c1ccsc1NC(=O)c1nc2c(N3CCN(C)CC3)nccc2s1. The number of likely N-dealkylation sites (N-methyl/N-ethyl adjacent to an activating group) is 1. The Balaban J connectivity index is 1.52. The number of pyridine rings is 1. The fraction of sp³-hybridized carbons (Fsp3) is 0.350. The lowest BCUT2D eigenvalue weighted by atomic mass is 10.3. The number of hydrogen-bond acceptors (Lipinski definition) is 10. The van der Waals surface area contributed by atoms with Gasteiger partial charge in [0.25, 0.3) is 11.8 Å². The average Bonchev–Trinajstić information content (AvgIpc) is 3.41. The number of rotatable bonds is 5. The molecule has 0 aliphatic carbocycles. The lowest BCUT2D eigenvalue weighted by molar-refractivity contribution is 0.0926. The summed E-state index contributed by atoms with van der Waals surface area (Å²) in [4.78, 5) is 50.2. The van der Waals surface area contributed by atoms with Gasteiger partial charge in [0.2, 0.25) is 0 Å². The maximum absolute atomic E-state index is 12.9. The zero-order valence-electron chi connectivity index (χ0n) is 17.6. The normalized spacial score (nSPS) is 14.4. The molecule has 0 aromatic carbocycles. The van der Waals surface area contributed by atoms with E-state index in [1.54, 1.807) is 18.5 Å². The zero-order chi connectivity index (χ0) is 22.7. The summed E-state index contributed by atoms with van der Waals surface area (Å²) in [5, 5.41) is 7.12. The lowest BCUT2D eigenvalue weighted by Crippen LogP contribution is -2.44. The number of fused-ring (bicyclic) bond motifs is 1. The van der Waals surface area contributed by atoms with Crippen molar-refractivity contribution in [1.82, 2.24) is 20.2 Å². The number of alkyl carbamates (subject to hydrolysis) is 1. The molecule has 1 aliphatic heterocycles. The van der Waals surface area contributed by atoms with Crippen molar-refractivity contribution in [3.8, 4) is 0 Å². The molecular formula is C20H22N6O4S2. The molecule has 1 saturated heterocycles. The predicted octanol–water partition coefficient (Wildman–Crippen LogP) is 2.64. The van der Waals surface area contributed by atoms with Crippen LogP contribution < -0.4 is 15.5 Å². The number of anilines is 2. The number of imide groups is 1. The van der Waals surface area contributed by atoms with E-state index in [0.717, 1.165) is 36.7 Å². The average molecular weight is 475 g/mol. The molecule has 2 N–H and O–H groups in total. The highest BCUT2D eigenvalue weighted by molar-refractivity contribution is 7.20. The number of ether oxygens (including phenoxy) is 1. The molecule has 0 saturated carbocycles. The van der Waals surface area contributed by atoms with E-state index in [1.165, 1.54) is 28.7 Å². The molecule has 3 amide bonds. The first kappa shape index (κ1) is 22.1. The van der Waals surface area contributed by atoms with E-state index in [4.69, 9.17) is 4.74 Å². The number of aromatic nitrogens is 2. The van der Waals surface area contributed by atoms with E-state index in [9.17, 15) is 14.4 Å². The van der Waals surface area contributed by atoms with E-state index in [-0.39, 0.29) is 17.2 Å².